The van der Waals surface area contributed by atoms with Crippen LogP contribution < -0.4 is 10.5 Å². The number of fused-ring (bicyclic) bond motifs is 1. The van der Waals surface area contributed by atoms with E-state index in [1.54, 1.807) is 7.11 Å². The Hall–Kier alpha value is -3.60. The van der Waals surface area contributed by atoms with Gasteiger partial charge in [-0.15, -0.1) is 0 Å². The zero-order valence-corrected chi connectivity index (χ0v) is 15.7. The van der Waals surface area contributed by atoms with E-state index in [0.29, 0.717) is 5.56 Å². The normalized spacial score (nSPS) is 10.9. The van der Waals surface area contributed by atoms with Crippen molar-refractivity contribution in [2.45, 2.75) is 12.8 Å². The van der Waals surface area contributed by atoms with Crippen LogP contribution in [0.25, 0.3) is 22.4 Å². The van der Waals surface area contributed by atoms with Gasteiger partial charge >= 0.3 is 0 Å². The number of methoxy groups -OCH3 is 1. The number of imidazole rings is 1. The second-order valence-electron chi connectivity index (χ2n) is 6.78. The standard InChI is InChI=1S/C23H22N4O/c1-28-19-11-6-16(7-12-19)3-2-15-4-8-17(9-5-15)23-26-20-13-10-18(22(24)25)14-21(20)27-23/h4-14H,2-3H2,1H3,(H3,24,25)(H,26,27). The fraction of sp³-hybridized carbons (Fsp3) is 0.130. The molecule has 1 aromatic heterocycles. The Morgan fingerprint density at radius 1 is 0.964 bits per heavy atom. The van der Waals surface area contributed by atoms with Gasteiger partial charge in [0.2, 0.25) is 0 Å². The molecule has 0 radical (unpaired) electrons. The van der Waals surface area contributed by atoms with E-state index < -0.39 is 0 Å². The third-order valence-electron chi connectivity index (χ3n) is 4.88. The maximum Gasteiger partial charge on any atom is 0.138 e. The maximum absolute atomic E-state index is 7.56. The van der Waals surface area contributed by atoms with Crippen LogP contribution >= 0.6 is 0 Å². The Morgan fingerprint density at radius 2 is 1.61 bits per heavy atom. The van der Waals surface area contributed by atoms with Crippen LogP contribution in [0.1, 0.15) is 16.7 Å². The first-order valence-corrected chi connectivity index (χ1v) is 9.19. The highest BCUT2D eigenvalue weighted by atomic mass is 16.5. The van der Waals surface area contributed by atoms with Crippen molar-refractivity contribution in [1.29, 1.82) is 5.41 Å². The first-order chi connectivity index (χ1) is 13.6. The first-order valence-electron chi connectivity index (χ1n) is 9.19. The van der Waals surface area contributed by atoms with Gasteiger partial charge in [-0.3, -0.25) is 5.41 Å². The average Bonchev–Trinajstić information content (AvgIpc) is 3.16. The predicted molar refractivity (Wildman–Crippen MR) is 113 cm³/mol. The molecule has 140 valence electrons. The Balaban J connectivity index is 1.47. The van der Waals surface area contributed by atoms with Gasteiger partial charge in [0.05, 0.1) is 18.1 Å². The number of aromatic nitrogens is 2. The van der Waals surface area contributed by atoms with Gasteiger partial charge in [0.1, 0.15) is 17.4 Å². The molecule has 0 aliphatic carbocycles. The fourth-order valence-corrected chi connectivity index (χ4v) is 3.22. The lowest BCUT2D eigenvalue weighted by Gasteiger charge is -2.05. The van der Waals surface area contributed by atoms with E-state index in [4.69, 9.17) is 15.9 Å². The minimum atomic E-state index is 0.0549. The molecule has 4 rings (SSSR count). The van der Waals surface area contributed by atoms with Crippen LogP contribution in [0.5, 0.6) is 5.75 Å². The molecule has 0 saturated carbocycles. The van der Waals surface area contributed by atoms with Crippen molar-refractivity contribution in [2.75, 3.05) is 7.11 Å². The number of nitrogen functional groups attached to an aromatic ring is 1. The molecule has 4 N–H and O–H groups in total. The Morgan fingerprint density at radius 3 is 2.21 bits per heavy atom. The van der Waals surface area contributed by atoms with Crippen molar-refractivity contribution in [3.05, 3.63) is 83.4 Å². The lowest BCUT2D eigenvalue weighted by Crippen LogP contribution is -2.10. The summed E-state index contributed by atoms with van der Waals surface area (Å²) in [6.07, 6.45) is 1.97. The van der Waals surface area contributed by atoms with Crippen LogP contribution in [-0.2, 0) is 12.8 Å². The molecule has 0 aliphatic rings. The van der Waals surface area contributed by atoms with E-state index in [2.05, 4.69) is 46.4 Å². The molecule has 0 fully saturated rings. The number of aryl methyl sites for hydroxylation is 2. The lowest BCUT2D eigenvalue weighted by molar-refractivity contribution is 0.414. The van der Waals surface area contributed by atoms with E-state index in [1.807, 2.05) is 30.3 Å². The third-order valence-corrected chi connectivity index (χ3v) is 4.88. The van der Waals surface area contributed by atoms with E-state index in [1.165, 1.54) is 11.1 Å². The van der Waals surface area contributed by atoms with Gasteiger partial charge in [0, 0.05) is 11.1 Å². The fourth-order valence-electron chi connectivity index (χ4n) is 3.22. The molecule has 3 aromatic carbocycles. The second kappa shape index (κ2) is 7.56. The van der Waals surface area contributed by atoms with Crippen molar-refractivity contribution in [1.82, 2.24) is 9.97 Å². The number of amidine groups is 1. The number of hydrogen-bond donors (Lipinski definition) is 3. The van der Waals surface area contributed by atoms with Crippen LogP contribution in [0.15, 0.2) is 66.7 Å². The molecule has 0 bridgehead atoms. The number of nitrogens with zero attached hydrogens (tertiary/aromatic N) is 1. The molecule has 0 spiro atoms. The summed E-state index contributed by atoms with van der Waals surface area (Å²) >= 11 is 0. The minimum Gasteiger partial charge on any atom is -0.497 e. The number of hydrogen-bond acceptors (Lipinski definition) is 3. The molecule has 1 heterocycles. The van der Waals surface area contributed by atoms with Gasteiger partial charge < -0.3 is 15.5 Å². The number of nitrogens with one attached hydrogen (secondary N) is 2. The van der Waals surface area contributed by atoms with E-state index in [0.717, 1.165) is 41.0 Å². The first kappa shape index (κ1) is 17.8. The van der Waals surface area contributed by atoms with Crippen LogP contribution in [0, 0.1) is 5.41 Å². The lowest BCUT2D eigenvalue weighted by atomic mass is 10.0. The van der Waals surface area contributed by atoms with Crippen LogP contribution in [0.2, 0.25) is 0 Å². The Labute approximate surface area is 163 Å². The monoisotopic (exact) mass is 370 g/mol. The van der Waals surface area contributed by atoms with Gasteiger partial charge in [-0.1, -0.05) is 36.4 Å². The minimum absolute atomic E-state index is 0.0549. The predicted octanol–water partition coefficient (Wildman–Crippen LogP) is 4.31. The summed E-state index contributed by atoms with van der Waals surface area (Å²) < 4.78 is 5.20. The van der Waals surface area contributed by atoms with Gasteiger partial charge in [-0.05, 0) is 54.3 Å². The highest BCUT2D eigenvalue weighted by Crippen LogP contribution is 2.22. The topological polar surface area (TPSA) is 87.8 Å². The number of rotatable bonds is 6. The largest absolute Gasteiger partial charge is 0.497 e. The summed E-state index contributed by atoms with van der Waals surface area (Å²) in [5.41, 5.74) is 11.6. The molecule has 5 heteroatoms. The van der Waals surface area contributed by atoms with Gasteiger partial charge in [-0.2, -0.15) is 0 Å². The number of H-pyrrole nitrogens is 1. The number of benzene rings is 3. The number of aromatic amines is 1. The number of nitrogens with two attached hydrogens (primary N) is 1. The van der Waals surface area contributed by atoms with Gasteiger partial charge in [-0.25, -0.2) is 4.98 Å². The summed E-state index contributed by atoms with van der Waals surface area (Å²) in [6.45, 7) is 0. The van der Waals surface area contributed by atoms with Crippen LogP contribution in [0.3, 0.4) is 0 Å². The quantitative estimate of drug-likeness (QED) is 0.349. The molecule has 28 heavy (non-hydrogen) atoms. The van der Waals surface area contributed by atoms with Crippen molar-refractivity contribution in [2.24, 2.45) is 5.73 Å². The van der Waals surface area contributed by atoms with E-state index in [9.17, 15) is 0 Å². The molecule has 0 atom stereocenters. The Bertz CT molecular complexity index is 1110. The second-order valence-corrected chi connectivity index (χ2v) is 6.78. The van der Waals surface area contributed by atoms with Crippen LogP contribution in [-0.4, -0.2) is 22.9 Å². The maximum atomic E-state index is 7.56. The van der Waals surface area contributed by atoms with E-state index >= 15 is 0 Å². The van der Waals surface area contributed by atoms with Crippen molar-refractivity contribution < 1.29 is 4.74 Å². The molecule has 0 saturated heterocycles. The molecule has 0 aliphatic heterocycles. The Kier molecular flexibility index (Phi) is 4.81. The summed E-state index contributed by atoms with van der Waals surface area (Å²) in [4.78, 5) is 7.96. The smallest absolute Gasteiger partial charge is 0.138 e. The molecule has 0 amide bonds. The van der Waals surface area contributed by atoms with E-state index in [-0.39, 0.29) is 5.84 Å². The molecular weight excluding hydrogens is 348 g/mol. The summed E-state index contributed by atoms with van der Waals surface area (Å²) in [7, 11) is 1.68. The average molecular weight is 370 g/mol. The zero-order valence-electron chi connectivity index (χ0n) is 15.7. The highest BCUT2D eigenvalue weighted by molar-refractivity contribution is 5.98. The molecular formula is C23H22N4O. The molecule has 0 unspecified atom stereocenters. The van der Waals surface area contributed by atoms with Crippen LogP contribution in [0.4, 0.5) is 0 Å². The SMILES string of the molecule is COc1ccc(CCc2ccc(-c3nc4ccc(C(=N)N)cc4[nH]3)cc2)cc1. The highest BCUT2D eigenvalue weighted by Gasteiger charge is 2.07. The zero-order chi connectivity index (χ0) is 19.5. The number of ether oxygens (including phenoxy) is 1. The summed E-state index contributed by atoms with van der Waals surface area (Å²) in [5, 5.41) is 7.56. The summed E-state index contributed by atoms with van der Waals surface area (Å²) in [5.74, 6) is 1.76. The van der Waals surface area contributed by atoms with Crippen molar-refractivity contribution >= 4 is 16.9 Å². The van der Waals surface area contributed by atoms with Gasteiger partial charge in [0.15, 0.2) is 0 Å². The van der Waals surface area contributed by atoms with Crippen molar-refractivity contribution in [3.8, 4) is 17.1 Å². The van der Waals surface area contributed by atoms with Gasteiger partial charge in [0.25, 0.3) is 0 Å². The summed E-state index contributed by atoms with van der Waals surface area (Å²) in [6, 6.07) is 22.2. The van der Waals surface area contributed by atoms with Crippen molar-refractivity contribution in [3.63, 3.8) is 0 Å². The third kappa shape index (κ3) is 3.74. The molecule has 4 aromatic rings. The molecule has 5 nitrogen and oxygen atoms in total.